The van der Waals surface area contributed by atoms with Crippen molar-refractivity contribution < 1.29 is 0 Å². The minimum atomic E-state index is 0.562. The number of aromatic nitrogens is 1. The molecule has 0 spiro atoms. The number of rotatable bonds is 1. The monoisotopic (exact) mass is 264 g/mol. The lowest BCUT2D eigenvalue weighted by Gasteiger charge is -2.24. The highest BCUT2D eigenvalue weighted by molar-refractivity contribution is 5.56. The second-order valence-electron chi connectivity index (χ2n) is 5.95. The van der Waals surface area contributed by atoms with Gasteiger partial charge in [-0.15, -0.1) is 0 Å². The van der Waals surface area contributed by atoms with Gasteiger partial charge >= 0.3 is 0 Å². The minimum absolute atomic E-state index is 0.562. The van der Waals surface area contributed by atoms with Gasteiger partial charge in [-0.05, 0) is 67.2 Å². The fourth-order valence-electron chi connectivity index (χ4n) is 3.94. The summed E-state index contributed by atoms with van der Waals surface area (Å²) in [5.74, 6) is 0.562. The molecule has 0 aromatic carbocycles. The van der Waals surface area contributed by atoms with E-state index in [1.54, 1.807) is 16.7 Å². The van der Waals surface area contributed by atoms with Crippen LogP contribution in [-0.2, 0) is 0 Å². The van der Waals surface area contributed by atoms with Crippen molar-refractivity contribution in [3.05, 3.63) is 64.7 Å². The lowest BCUT2D eigenvalue weighted by Crippen LogP contribution is -2.08. The predicted octanol–water partition coefficient (Wildman–Crippen LogP) is 3.85. The third-order valence-electron chi connectivity index (χ3n) is 4.89. The van der Waals surface area contributed by atoms with Gasteiger partial charge in [0.25, 0.3) is 0 Å². The average molecular weight is 264 g/mol. The molecular weight excluding hydrogens is 244 g/mol. The zero-order valence-electron chi connectivity index (χ0n) is 11.7. The first kappa shape index (κ1) is 12.0. The van der Waals surface area contributed by atoms with Gasteiger partial charge < -0.3 is 5.32 Å². The van der Waals surface area contributed by atoms with Gasteiger partial charge in [0.15, 0.2) is 0 Å². The average Bonchev–Trinajstić information content (AvgIpc) is 2.79. The van der Waals surface area contributed by atoms with Crippen LogP contribution >= 0.6 is 0 Å². The Morgan fingerprint density at radius 1 is 1.10 bits per heavy atom. The molecule has 102 valence electrons. The maximum absolute atomic E-state index is 4.32. The lowest BCUT2D eigenvalue weighted by molar-refractivity contribution is 0.761. The van der Waals surface area contributed by atoms with Crippen molar-refractivity contribution >= 4 is 0 Å². The standard InChI is InChI=1S/C18H20N2/c1-2-15(12-20-9-1)16-6-5-14-4-3-13-7-10-19-11-8-17(13)18(14)16/h1-2,8-9,11-12,16,19H,3-7,10H2. The number of hydrogen-bond acceptors (Lipinski definition) is 2. The van der Waals surface area contributed by atoms with Crippen molar-refractivity contribution in [1.29, 1.82) is 0 Å². The van der Waals surface area contributed by atoms with Crippen molar-refractivity contribution in [3.8, 4) is 0 Å². The van der Waals surface area contributed by atoms with E-state index in [-0.39, 0.29) is 0 Å². The summed E-state index contributed by atoms with van der Waals surface area (Å²) in [7, 11) is 0. The Morgan fingerprint density at radius 2 is 2.05 bits per heavy atom. The van der Waals surface area contributed by atoms with Crippen LogP contribution in [0.5, 0.6) is 0 Å². The molecule has 3 aliphatic rings. The van der Waals surface area contributed by atoms with Crippen LogP contribution in [-0.4, -0.2) is 11.5 Å². The van der Waals surface area contributed by atoms with E-state index >= 15 is 0 Å². The van der Waals surface area contributed by atoms with Gasteiger partial charge in [-0.2, -0.15) is 0 Å². The van der Waals surface area contributed by atoms with E-state index < -0.39 is 0 Å². The van der Waals surface area contributed by atoms with Crippen molar-refractivity contribution in [2.24, 2.45) is 0 Å². The Balaban J connectivity index is 1.79. The Labute approximate surface area is 120 Å². The van der Waals surface area contributed by atoms with Crippen LogP contribution in [0.15, 0.2) is 59.1 Å². The Kier molecular flexibility index (Phi) is 2.95. The topological polar surface area (TPSA) is 24.9 Å². The minimum Gasteiger partial charge on any atom is -0.391 e. The summed E-state index contributed by atoms with van der Waals surface area (Å²) in [6.45, 7) is 1.08. The molecule has 2 heterocycles. The van der Waals surface area contributed by atoms with Crippen molar-refractivity contribution in [2.45, 2.75) is 38.0 Å². The van der Waals surface area contributed by atoms with Gasteiger partial charge in [0.1, 0.15) is 0 Å². The number of nitrogens with one attached hydrogen (secondary N) is 1. The van der Waals surface area contributed by atoms with Crippen LogP contribution in [0.3, 0.4) is 0 Å². The van der Waals surface area contributed by atoms with Crippen molar-refractivity contribution in [3.63, 3.8) is 0 Å². The highest BCUT2D eigenvalue weighted by Crippen LogP contribution is 2.49. The molecule has 2 aliphatic carbocycles. The molecule has 1 N–H and O–H groups in total. The van der Waals surface area contributed by atoms with E-state index in [9.17, 15) is 0 Å². The van der Waals surface area contributed by atoms with Crippen molar-refractivity contribution in [2.75, 3.05) is 6.54 Å². The number of fused-ring (bicyclic) bond motifs is 1. The molecule has 1 atom stereocenters. The van der Waals surface area contributed by atoms with E-state index in [4.69, 9.17) is 0 Å². The third-order valence-corrected chi connectivity index (χ3v) is 4.89. The van der Waals surface area contributed by atoms with E-state index in [0.717, 1.165) is 6.54 Å². The zero-order chi connectivity index (χ0) is 13.4. The molecule has 1 aliphatic heterocycles. The van der Waals surface area contributed by atoms with E-state index in [2.05, 4.69) is 34.7 Å². The number of pyridine rings is 1. The summed E-state index contributed by atoms with van der Waals surface area (Å²) in [5, 5.41) is 3.38. The molecule has 2 heteroatoms. The number of nitrogens with zero attached hydrogens (tertiary/aromatic N) is 1. The highest BCUT2D eigenvalue weighted by atomic mass is 14.8. The second kappa shape index (κ2) is 4.93. The fourth-order valence-corrected chi connectivity index (χ4v) is 3.94. The second-order valence-corrected chi connectivity index (χ2v) is 5.95. The quantitative estimate of drug-likeness (QED) is 0.833. The summed E-state index contributed by atoms with van der Waals surface area (Å²) in [6.07, 6.45) is 14.6. The van der Waals surface area contributed by atoms with Crippen LogP contribution < -0.4 is 5.32 Å². The summed E-state index contributed by atoms with van der Waals surface area (Å²) in [6, 6.07) is 4.30. The molecule has 20 heavy (non-hydrogen) atoms. The van der Waals surface area contributed by atoms with Gasteiger partial charge in [-0.3, -0.25) is 4.98 Å². The van der Waals surface area contributed by atoms with Crippen LogP contribution in [0.1, 0.15) is 43.6 Å². The molecular formula is C18H20N2. The molecule has 0 radical (unpaired) electrons. The third kappa shape index (κ3) is 1.91. The number of allylic oxidation sites excluding steroid dienone is 4. The summed E-state index contributed by atoms with van der Waals surface area (Å²) >= 11 is 0. The van der Waals surface area contributed by atoms with E-state index in [1.807, 2.05) is 12.4 Å². The Morgan fingerprint density at radius 3 is 2.95 bits per heavy atom. The molecule has 1 unspecified atom stereocenters. The summed E-state index contributed by atoms with van der Waals surface area (Å²) in [5.41, 5.74) is 7.89. The maximum atomic E-state index is 4.32. The molecule has 4 rings (SSSR count). The van der Waals surface area contributed by atoms with Gasteiger partial charge in [0.05, 0.1) is 0 Å². The highest BCUT2D eigenvalue weighted by Gasteiger charge is 2.32. The van der Waals surface area contributed by atoms with Crippen LogP contribution in [0.2, 0.25) is 0 Å². The van der Waals surface area contributed by atoms with E-state index in [0.29, 0.717) is 5.92 Å². The van der Waals surface area contributed by atoms with Crippen LogP contribution in [0, 0.1) is 0 Å². The van der Waals surface area contributed by atoms with Gasteiger partial charge in [0, 0.05) is 24.9 Å². The Hall–Kier alpha value is -1.83. The predicted molar refractivity (Wildman–Crippen MR) is 81.3 cm³/mol. The molecule has 2 nitrogen and oxygen atoms in total. The first-order chi connectivity index (χ1) is 9.93. The molecule has 1 aromatic heterocycles. The normalized spacial score (nSPS) is 25.1. The zero-order valence-corrected chi connectivity index (χ0v) is 11.7. The molecule has 0 bridgehead atoms. The van der Waals surface area contributed by atoms with Gasteiger partial charge in [-0.25, -0.2) is 0 Å². The fraction of sp³-hybridized carbons (Fsp3) is 0.389. The first-order valence-electron chi connectivity index (χ1n) is 7.67. The molecule has 0 saturated carbocycles. The molecule has 0 amide bonds. The molecule has 0 saturated heterocycles. The molecule has 1 aromatic rings. The largest absolute Gasteiger partial charge is 0.391 e. The number of hydrogen-bond donors (Lipinski definition) is 1. The SMILES string of the molecule is C1=CC2=C(CCN1)CCC1=C2C(c2cccnc2)CC1. The smallest absolute Gasteiger partial charge is 0.0306 e. The van der Waals surface area contributed by atoms with Crippen LogP contribution in [0.4, 0.5) is 0 Å². The van der Waals surface area contributed by atoms with Crippen molar-refractivity contribution in [1.82, 2.24) is 10.3 Å². The summed E-state index contributed by atoms with van der Waals surface area (Å²) < 4.78 is 0. The maximum Gasteiger partial charge on any atom is 0.0306 e. The van der Waals surface area contributed by atoms with Gasteiger partial charge in [0.2, 0.25) is 0 Å². The Bertz CT molecular complexity index is 608. The first-order valence-corrected chi connectivity index (χ1v) is 7.67. The summed E-state index contributed by atoms with van der Waals surface area (Å²) in [4.78, 5) is 4.32. The van der Waals surface area contributed by atoms with E-state index in [1.165, 1.54) is 43.2 Å². The molecule has 0 fully saturated rings. The van der Waals surface area contributed by atoms with Crippen LogP contribution in [0.25, 0.3) is 0 Å². The van der Waals surface area contributed by atoms with Gasteiger partial charge in [-0.1, -0.05) is 17.2 Å². The lowest BCUT2D eigenvalue weighted by atomic mass is 9.81.